The summed E-state index contributed by atoms with van der Waals surface area (Å²) in [6.45, 7) is 11.1. The van der Waals surface area contributed by atoms with E-state index in [4.69, 9.17) is 0 Å². The van der Waals surface area contributed by atoms with Crippen molar-refractivity contribution in [3.63, 3.8) is 0 Å². The van der Waals surface area contributed by atoms with E-state index in [1.54, 1.807) is 0 Å². The van der Waals surface area contributed by atoms with Crippen molar-refractivity contribution in [2.45, 2.75) is 65.5 Å². The van der Waals surface area contributed by atoms with Gasteiger partial charge in [-0.2, -0.15) is 0 Å². The lowest BCUT2D eigenvalue weighted by Crippen LogP contribution is -2.43. The van der Waals surface area contributed by atoms with Gasteiger partial charge in [0.1, 0.15) is 0 Å². The van der Waals surface area contributed by atoms with Crippen molar-refractivity contribution in [1.29, 1.82) is 0 Å². The third kappa shape index (κ3) is 1.79. The van der Waals surface area contributed by atoms with Crippen molar-refractivity contribution in [1.82, 2.24) is 4.90 Å². The number of hydrogen-bond acceptors (Lipinski definition) is 1. The Labute approximate surface area is 87.7 Å². The molecule has 0 spiro atoms. The minimum absolute atomic E-state index is 0.0328. The average molecular weight is 197 g/mol. The molecule has 0 saturated carbocycles. The summed E-state index contributed by atoms with van der Waals surface area (Å²) in [7, 11) is 0. The van der Waals surface area contributed by atoms with E-state index >= 15 is 0 Å². The minimum atomic E-state index is 0.0328. The second-order valence-electron chi connectivity index (χ2n) is 5.79. The summed E-state index contributed by atoms with van der Waals surface area (Å²) in [5, 5.41) is 0. The van der Waals surface area contributed by atoms with Gasteiger partial charge in [0.05, 0.1) is 0 Å². The maximum absolute atomic E-state index is 11.1. The van der Waals surface area contributed by atoms with E-state index in [-0.39, 0.29) is 11.0 Å². The Morgan fingerprint density at radius 3 is 2.36 bits per heavy atom. The van der Waals surface area contributed by atoms with Crippen LogP contribution in [0.25, 0.3) is 0 Å². The maximum Gasteiger partial charge on any atom is 0.210 e. The second-order valence-corrected chi connectivity index (χ2v) is 5.79. The van der Waals surface area contributed by atoms with Crippen LogP contribution >= 0.6 is 0 Å². The Morgan fingerprint density at radius 2 is 1.93 bits per heavy atom. The zero-order valence-corrected chi connectivity index (χ0v) is 10.1. The first-order valence-electron chi connectivity index (χ1n) is 5.59. The molecule has 2 heteroatoms. The molecule has 0 aromatic heterocycles. The Morgan fingerprint density at radius 1 is 1.36 bits per heavy atom. The molecule has 0 bridgehead atoms. The summed E-state index contributed by atoms with van der Waals surface area (Å²) in [5.41, 5.74) is 0.297. The molecule has 82 valence electrons. The summed E-state index contributed by atoms with van der Waals surface area (Å²) < 4.78 is 0. The molecular formula is C12H23NO. The smallest absolute Gasteiger partial charge is 0.210 e. The summed E-state index contributed by atoms with van der Waals surface area (Å²) in [4.78, 5) is 13.1. The fourth-order valence-electron chi connectivity index (χ4n) is 3.14. The highest BCUT2D eigenvalue weighted by Gasteiger charge is 2.49. The zero-order chi connectivity index (χ0) is 11.0. The van der Waals surface area contributed by atoms with E-state index in [2.05, 4.69) is 34.6 Å². The number of rotatable bonds is 3. The van der Waals surface area contributed by atoms with Crippen LogP contribution in [0.15, 0.2) is 0 Å². The van der Waals surface area contributed by atoms with Gasteiger partial charge in [-0.1, -0.05) is 27.2 Å². The summed E-state index contributed by atoms with van der Waals surface area (Å²) in [6.07, 6.45) is 4.40. The second kappa shape index (κ2) is 3.56. The molecule has 1 amide bonds. The molecule has 0 aliphatic carbocycles. The summed E-state index contributed by atoms with van der Waals surface area (Å²) in [5.74, 6) is 0. The van der Waals surface area contributed by atoms with Crippen molar-refractivity contribution < 1.29 is 4.79 Å². The van der Waals surface area contributed by atoms with Crippen LogP contribution in [0.4, 0.5) is 0 Å². The van der Waals surface area contributed by atoms with Gasteiger partial charge in [0.25, 0.3) is 0 Å². The van der Waals surface area contributed by atoms with Gasteiger partial charge in [-0.15, -0.1) is 0 Å². The summed E-state index contributed by atoms with van der Waals surface area (Å²) in [6, 6.07) is 0.417. The van der Waals surface area contributed by atoms with Crippen molar-refractivity contribution in [3.8, 4) is 0 Å². The lowest BCUT2D eigenvalue weighted by molar-refractivity contribution is -0.123. The van der Waals surface area contributed by atoms with Gasteiger partial charge in [0, 0.05) is 11.6 Å². The molecule has 1 heterocycles. The Bertz CT molecular complexity index is 220. The Kier molecular flexibility index (Phi) is 2.93. The van der Waals surface area contributed by atoms with Crippen molar-refractivity contribution in [2.24, 2.45) is 5.41 Å². The van der Waals surface area contributed by atoms with Gasteiger partial charge in [-0.3, -0.25) is 4.79 Å². The standard InChI is InChI=1S/C12H23NO/c1-6-7-10-11(2,3)8-12(4,5)13(10)9-14/h9-10H,6-8H2,1-5H3. The molecule has 1 fully saturated rings. The number of carbonyl (C=O) groups excluding carboxylic acids is 1. The van der Waals surface area contributed by atoms with E-state index in [0.29, 0.717) is 6.04 Å². The number of hydrogen-bond donors (Lipinski definition) is 0. The molecule has 0 aromatic carbocycles. The van der Waals surface area contributed by atoms with Crippen molar-refractivity contribution >= 4 is 6.41 Å². The highest BCUT2D eigenvalue weighted by atomic mass is 16.1. The largest absolute Gasteiger partial charge is 0.337 e. The molecule has 1 rings (SSSR count). The fourth-order valence-corrected chi connectivity index (χ4v) is 3.14. The van der Waals surface area contributed by atoms with Crippen LogP contribution in [0.1, 0.15) is 53.9 Å². The first-order chi connectivity index (χ1) is 6.35. The average Bonchev–Trinajstić information content (AvgIpc) is 2.17. The highest BCUT2D eigenvalue weighted by Crippen LogP contribution is 2.46. The molecule has 0 aromatic rings. The Hall–Kier alpha value is -0.530. The van der Waals surface area contributed by atoms with Crippen LogP contribution < -0.4 is 0 Å². The van der Waals surface area contributed by atoms with Gasteiger partial charge >= 0.3 is 0 Å². The van der Waals surface area contributed by atoms with E-state index < -0.39 is 0 Å². The zero-order valence-electron chi connectivity index (χ0n) is 10.1. The highest BCUT2D eigenvalue weighted by molar-refractivity contribution is 5.51. The van der Waals surface area contributed by atoms with E-state index in [1.165, 1.54) is 0 Å². The lowest BCUT2D eigenvalue weighted by Gasteiger charge is -2.34. The maximum atomic E-state index is 11.1. The molecule has 1 saturated heterocycles. The number of nitrogens with zero attached hydrogens (tertiary/aromatic N) is 1. The van der Waals surface area contributed by atoms with Crippen molar-refractivity contribution in [3.05, 3.63) is 0 Å². The van der Waals surface area contributed by atoms with Crippen molar-refractivity contribution in [2.75, 3.05) is 0 Å². The quantitative estimate of drug-likeness (QED) is 0.637. The van der Waals surface area contributed by atoms with E-state index in [1.807, 2.05) is 4.90 Å². The first-order valence-corrected chi connectivity index (χ1v) is 5.59. The molecule has 2 nitrogen and oxygen atoms in total. The van der Waals surface area contributed by atoms with Crippen LogP contribution in [-0.4, -0.2) is 22.9 Å². The minimum Gasteiger partial charge on any atom is -0.337 e. The molecule has 0 radical (unpaired) electrons. The topological polar surface area (TPSA) is 20.3 Å². The van der Waals surface area contributed by atoms with Gasteiger partial charge in [-0.25, -0.2) is 0 Å². The lowest BCUT2D eigenvalue weighted by atomic mass is 9.80. The first kappa shape index (κ1) is 11.5. The van der Waals surface area contributed by atoms with Gasteiger partial charge < -0.3 is 4.90 Å². The van der Waals surface area contributed by atoms with Gasteiger partial charge in [-0.05, 0) is 32.1 Å². The predicted octanol–water partition coefficient (Wildman–Crippen LogP) is 2.82. The van der Waals surface area contributed by atoms with Crippen LogP contribution in [-0.2, 0) is 4.79 Å². The molecule has 1 atom stereocenters. The number of amides is 1. The molecule has 1 aliphatic heterocycles. The molecule has 14 heavy (non-hydrogen) atoms. The van der Waals surface area contributed by atoms with Crippen LogP contribution in [0.3, 0.4) is 0 Å². The van der Waals surface area contributed by atoms with Crippen LogP contribution in [0.2, 0.25) is 0 Å². The molecule has 0 N–H and O–H groups in total. The van der Waals surface area contributed by atoms with E-state index in [9.17, 15) is 4.79 Å². The molecule has 1 unspecified atom stereocenters. The third-order valence-corrected chi connectivity index (χ3v) is 3.50. The monoisotopic (exact) mass is 197 g/mol. The van der Waals surface area contributed by atoms with E-state index in [0.717, 1.165) is 25.7 Å². The number of likely N-dealkylation sites (tertiary alicyclic amines) is 1. The fraction of sp³-hybridized carbons (Fsp3) is 0.917. The summed E-state index contributed by atoms with van der Waals surface area (Å²) >= 11 is 0. The normalized spacial score (nSPS) is 29.2. The van der Waals surface area contributed by atoms with Gasteiger partial charge in [0.15, 0.2) is 0 Å². The third-order valence-electron chi connectivity index (χ3n) is 3.50. The Balaban J connectivity index is 2.93. The molecule has 1 aliphatic rings. The predicted molar refractivity (Wildman–Crippen MR) is 59.1 cm³/mol. The van der Waals surface area contributed by atoms with Crippen LogP contribution in [0, 0.1) is 5.41 Å². The number of carbonyl (C=O) groups is 1. The molecular weight excluding hydrogens is 174 g/mol. The van der Waals surface area contributed by atoms with Crippen LogP contribution in [0.5, 0.6) is 0 Å². The SMILES string of the molecule is CCCC1N(C=O)C(C)(C)CC1(C)C. The van der Waals surface area contributed by atoms with Gasteiger partial charge in [0.2, 0.25) is 6.41 Å².